The molecule has 0 spiro atoms. The van der Waals surface area contributed by atoms with Crippen LogP contribution in [0.5, 0.6) is 0 Å². The summed E-state index contributed by atoms with van der Waals surface area (Å²) in [5.41, 5.74) is 1.64. The Bertz CT molecular complexity index is 736. The van der Waals surface area contributed by atoms with Crippen molar-refractivity contribution in [2.45, 2.75) is 0 Å². The van der Waals surface area contributed by atoms with Crippen LogP contribution in [0, 0.1) is 5.82 Å². The molecule has 0 aliphatic heterocycles. The van der Waals surface area contributed by atoms with Gasteiger partial charge in [0.15, 0.2) is 5.78 Å². The first-order valence-electron chi connectivity index (χ1n) is 6.00. The maximum Gasteiger partial charge on any atom is 0.195 e. The number of ketones is 1. The molecule has 0 saturated carbocycles. The average Bonchev–Trinajstić information content (AvgIpc) is 3.01. The van der Waals surface area contributed by atoms with Crippen LogP contribution < -0.4 is 0 Å². The maximum absolute atomic E-state index is 12.9. The van der Waals surface area contributed by atoms with Gasteiger partial charge in [0.2, 0.25) is 0 Å². The van der Waals surface area contributed by atoms with Crippen molar-refractivity contribution in [3.63, 3.8) is 0 Å². The summed E-state index contributed by atoms with van der Waals surface area (Å²) in [7, 11) is 0. The van der Waals surface area contributed by atoms with Crippen LogP contribution in [-0.2, 0) is 0 Å². The number of carbonyl (C=O) groups is 1. The minimum Gasteiger partial charge on any atom is -0.289 e. The van der Waals surface area contributed by atoms with E-state index < -0.39 is 0 Å². The predicted octanol–water partition coefficient (Wildman–Crippen LogP) is 2.64. The Morgan fingerprint density at radius 2 is 1.60 bits per heavy atom. The van der Waals surface area contributed by atoms with Crippen molar-refractivity contribution in [3.05, 3.63) is 78.1 Å². The van der Waals surface area contributed by atoms with Crippen LogP contribution in [0.3, 0.4) is 0 Å². The summed E-state index contributed by atoms with van der Waals surface area (Å²) >= 11 is 0. The third-order valence-electron chi connectivity index (χ3n) is 2.95. The number of rotatable bonds is 3. The number of para-hydroxylation sites is 1. The van der Waals surface area contributed by atoms with E-state index in [1.54, 1.807) is 22.8 Å². The molecule has 98 valence electrons. The molecule has 2 aromatic carbocycles. The van der Waals surface area contributed by atoms with Gasteiger partial charge in [-0.2, -0.15) is 0 Å². The minimum absolute atomic E-state index is 0.172. The topological polar surface area (TPSA) is 47.8 Å². The highest BCUT2D eigenvalue weighted by atomic mass is 19.1. The average molecular weight is 267 g/mol. The van der Waals surface area contributed by atoms with Gasteiger partial charge in [-0.15, -0.1) is 10.2 Å². The Labute approximate surface area is 114 Å². The monoisotopic (exact) mass is 267 g/mol. The zero-order valence-corrected chi connectivity index (χ0v) is 10.4. The lowest BCUT2D eigenvalue weighted by molar-refractivity contribution is 0.103. The molecule has 3 rings (SSSR count). The zero-order valence-electron chi connectivity index (χ0n) is 10.4. The van der Waals surface area contributed by atoms with Crippen LogP contribution in [0.1, 0.15) is 15.9 Å². The van der Waals surface area contributed by atoms with Crippen LogP contribution in [0.25, 0.3) is 5.69 Å². The van der Waals surface area contributed by atoms with Crippen molar-refractivity contribution in [1.29, 1.82) is 0 Å². The van der Waals surface area contributed by atoms with Gasteiger partial charge in [0.1, 0.15) is 18.5 Å². The Morgan fingerprint density at radius 3 is 2.30 bits per heavy atom. The van der Waals surface area contributed by atoms with Gasteiger partial charge in [-0.1, -0.05) is 12.1 Å². The molecule has 4 nitrogen and oxygen atoms in total. The van der Waals surface area contributed by atoms with Crippen LogP contribution >= 0.6 is 0 Å². The van der Waals surface area contributed by atoms with Crippen molar-refractivity contribution in [3.8, 4) is 5.69 Å². The van der Waals surface area contributed by atoms with Crippen LogP contribution in [-0.4, -0.2) is 20.5 Å². The summed E-state index contributed by atoms with van der Waals surface area (Å²) in [4.78, 5) is 12.5. The lowest BCUT2D eigenvalue weighted by atomic mass is 10.0. The lowest BCUT2D eigenvalue weighted by Crippen LogP contribution is -2.06. The molecule has 0 radical (unpaired) electrons. The molecule has 0 saturated heterocycles. The highest BCUT2D eigenvalue weighted by Crippen LogP contribution is 2.18. The Kier molecular flexibility index (Phi) is 3.09. The molecule has 0 bridgehead atoms. The molecule has 0 aliphatic rings. The van der Waals surface area contributed by atoms with Gasteiger partial charge < -0.3 is 0 Å². The molecule has 0 unspecified atom stereocenters. The van der Waals surface area contributed by atoms with Crippen molar-refractivity contribution < 1.29 is 9.18 Å². The van der Waals surface area contributed by atoms with Gasteiger partial charge in [-0.25, -0.2) is 4.39 Å². The van der Waals surface area contributed by atoms with Crippen LogP contribution in [0.4, 0.5) is 4.39 Å². The summed E-state index contributed by atoms with van der Waals surface area (Å²) in [6.45, 7) is 0. The molecule has 0 fully saturated rings. The number of halogens is 1. The predicted molar refractivity (Wildman–Crippen MR) is 71.2 cm³/mol. The van der Waals surface area contributed by atoms with E-state index in [-0.39, 0.29) is 11.6 Å². The number of carbonyl (C=O) groups excluding carboxylic acids is 1. The fourth-order valence-electron chi connectivity index (χ4n) is 1.97. The summed E-state index contributed by atoms with van der Waals surface area (Å²) in [6.07, 6.45) is 3.05. The van der Waals surface area contributed by atoms with E-state index in [0.29, 0.717) is 16.8 Å². The van der Waals surface area contributed by atoms with E-state index in [4.69, 9.17) is 0 Å². The van der Waals surface area contributed by atoms with Crippen LogP contribution in [0.2, 0.25) is 0 Å². The van der Waals surface area contributed by atoms with E-state index in [0.717, 1.165) is 0 Å². The highest BCUT2D eigenvalue weighted by molar-refractivity contribution is 6.11. The summed E-state index contributed by atoms with van der Waals surface area (Å²) in [5, 5.41) is 7.47. The third kappa shape index (κ3) is 2.21. The second-order valence-electron chi connectivity index (χ2n) is 4.22. The third-order valence-corrected chi connectivity index (χ3v) is 2.95. The Hall–Kier alpha value is -2.82. The first kappa shape index (κ1) is 12.2. The molecule has 1 heterocycles. The summed E-state index contributed by atoms with van der Waals surface area (Å²) in [5.74, 6) is -0.539. The quantitative estimate of drug-likeness (QED) is 0.685. The van der Waals surface area contributed by atoms with Gasteiger partial charge in [0.25, 0.3) is 0 Å². The molecule has 3 aromatic rings. The lowest BCUT2D eigenvalue weighted by Gasteiger charge is -2.08. The second-order valence-corrected chi connectivity index (χ2v) is 4.22. The van der Waals surface area contributed by atoms with Gasteiger partial charge >= 0.3 is 0 Å². The first-order chi connectivity index (χ1) is 9.75. The number of benzene rings is 2. The van der Waals surface area contributed by atoms with E-state index in [9.17, 15) is 9.18 Å². The van der Waals surface area contributed by atoms with Crippen molar-refractivity contribution in [2.24, 2.45) is 0 Å². The number of hydrogen-bond acceptors (Lipinski definition) is 3. The molecular formula is C15H10FN3O. The summed E-state index contributed by atoms with van der Waals surface area (Å²) in [6, 6.07) is 12.6. The fraction of sp³-hybridized carbons (Fsp3) is 0. The van der Waals surface area contributed by atoms with Gasteiger partial charge in [0, 0.05) is 11.1 Å². The minimum atomic E-state index is -0.367. The molecule has 0 atom stereocenters. The molecule has 0 aliphatic carbocycles. The van der Waals surface area contributed by atoms with E-state index in [1.165, 1.54) is 36.9 Å². The van der Waals surface area contributed by atoms with Crippen molar-refractivity contribution >= 4 is 5.78 Å². The van der Waals surface area contributed by atoms with Crippen molar-refractivity contribution in [2.75, 3.05) is 0 Å². The number of nitrogens with zero attached hydrogens (tertiary/aromatic N) is 3. The Balaban J connectivity index is 2.06. The van der Waals surface area contributed by atoms with Gasteiger partial charge in [-0.05, 0) is 36.4 Å². The molecule has 5 heteroatoms. The molecule has 20 heavy (non-hydrogen) atoms. The molecule has 1 aromatic heterocycles. The summed E-state index contributed by atoms with van der Waals surface area (Å²) < 4.78 is 14.6. The van der Waals surface area contributed by atoms with Crippen molar-refractivity contribution in [1.82, 2.24) is 14.8 Å². The smallest absolute Gasteiger partial charge is 0.195 e. The van der Waals surface area contributed by atoms with Gasteiger partial charge in [0.05, 0.1) is 5.69 Å². The van der Waals surface area contributed by atoms with E-state index >= 15 is 0 Å². The standard InChI is InChI=1S/C15H10FN3O/c16-12-7-5-11(6-8-12)15(20)13-3-1-2-4-14(13)19-9-17-18-10-19/h1-10H. The zero-order chi connectivity index (χ0) is 13.9. The maximum atomic E-state index is 12.9. The number of aromatic nitrogens is 3. The molecular weight excluding hydrogens is 257 g/mol. The largest absolute Gasteiger partial charge is 0.289 e. The Morgan fingerprint density at radius 1 is 0.950 bits per heavy atom. The number of hydrogen-bond donors (Lipinski definition) is 0. The molecule has 0 N–H and O–H groups in total. The SMILES string of the molecule is O=C(c1ccc(F)cc1)c1ccccc1-n1cnnc1. The second kappa shape index (κ2) is 5.05. The van der Waals surface area contributed by atoms with E-state index in [1.807, 2.05) is 6.07 Å². The normalized spacial score (nSPS) is 10.4. The fourth-order valence-corrected chi connectivity index (χ4v) is 1.97. The van der Waals surface area contributed by atoms with E-state index in [2.05, 4.69) is 10.2 Å². The van der Waals surface area contributed by atoms with Crippen LogP contribution in [0.15, 0.2) is 61.2 Å². The van der Waals surface area contributed by atoms with Gasteiger partial charge in [-0.3, -0.25) is 9.36 Å². The highest BCUT2D eigenvalue weighted by Gasteiger charge is 2.14. The molecule has 0 amide bonds. The first-order valence-corrected chi connectivity index (χ1v) is 6.00.